The van der Waals surface area contributed by atoms with Gasteiger partial charge < -0.3 is 19.9 Å². The maximum atomic E-state index is 5.42. The van der Waals surface area contributed by atoms with Crippen LogP contribution in [0.15, 0.2) is 11.4 Å². The van der Waals surface area contributed by atoms with Gasteiger partial charge in [-0.2, -0.15) is 9.97 Å². The number of H-pyrrole nitrogens is 1. The second-order valence-corrected chi connectivity index (χ2v) is 6.87. The molecular weight excluding hydrogens is 324 g/mol. The Morgan fingerprint density at radius 2 is 2.08 bits per heavy atom. The highest BCUT2D eigenvalue weighted by Crippen LogP contribution is 2.25. The summed E-state index contributed by atoms with van der Waals surface area (Å²) in [7, 11) is 0. The second-order valence-electron chi connectivity index (χ2n) is 5.92. The van der Waals surface area contributed by atoms with Crippen molar-refractivity contribution in [1.29, 1.82) is 0 Å². The summed E-state index contributed by atoms with van der Waals surface area (Å²) in [5.74, 6) is 1.59. The number of anilines is 2. The fraction of sp³-hybridized carbons (Fsp3) is 0.438. The number of hydrogen-bond acceptors (Lipinski definition) is 7. The van der Waals surface area contributed by atoms with Gasteiger partial charge in [-0.3, -0.25) is 0 Å². The van der Waals surface area contributed by atoms with Gasteiger partial charge in [-0.25, -0.2) is 4.98 Å². The van der Waals surface area contributed by atoms with E-state index in [4.69, 9.17) is 14.7 Å². The van der Waals surface area contributed by atoms with Crippen molar-refractivity contribution in [3.8, 4) is 0 Å². The van der Waals surface area contributed by atoms with Gasteiger partial charge in [0, 0.05) is 29.9 Å². The molecule has 4 heterocycles. The van der Waals surface area contributed by atoms with E-state index in [1.54, 1.807) is 11.3 Å². The molecule has 0 atom stereocenters. The summed E-state index contributed by atoms with van der Waals surface area (Å²) >= 11 is 1.66. The van der Waals surface area contributed by atoms with Crippen LogP contribution in [0.2, 0.25) is 0 Å². The Morgan fingerprint density at radius 3 is 2.83 bits per heavy atom. The van der Waals surface area contributed by atoms with Crippen molar-refractivity contribution >= 4 is 34.1 Å². The number of hydrogen-bond donors (Lipinski definition) is 2. The first-order valence-electron chi connectivity index (χ1n) is 8.04. The van der Waals surface area contributed by atoms with Crippen molar-refractivity contribution in [2.45, 2.75) is 20.4 Å². The summed E-state index contributed by atoms with van der Waals surface area (Å²) in [5.41, 5.74) is 2.99. The monoisotopic (exact) mass is 344 g/mol. The predicted molar refractivity (Wildman–Crippen MR) is 95.8 cm³/mol. The lowest BCUT2D eigenvalue weighted by atomic mass is 10.3. The summed E-state index contributed by atoms with van der Waals surface area (Å²) < 4.78 is 5.42. The third-order valence-electron chi connectivity index (χ3n) is 3.98. The van der Waals surface area contributed by atoms with Crippen LogP contribution in [-0.2, 0) is 11.3 Å². The predicted octanol–water partition coefficient (Wildman–Crippen LogP) is 2.48. The average molecular weight is 344 g/mol. The number of aromatic nitrogens is 4. The van der Waals surface area contributed by atoms with Gasteiger partial charge in [-0.05, 0) is 19.9 Å². The first-order valence-corrected chi connectivity index (χ1v) is 8.92. The lowest BCUT2D eigenvalue weighted by molar-refractivity contribution is 0.122. The van der Waals surface area contributed by atoms with E-state index in [-0.39, 0.29) is 0 Å². The third-order valence-corrected chi connectivity index (χ3v) is 4.94. The molecule has 7 nitrogen and oxygen atoms in total. The minimum atomic E-state index is 0.664. The number of morpholine rings is 1. The van der Waals surface area contributed by atoms with Crippen LogP contribution in [0.25, 0.3) is 11.0 Å². The smallest absolute Gasteiger partial charge is 0.229 e. The molecule has 0 unspecified atom stereocenters. The van der Waals surface area contributed by atoms with Gasteiger partial charge in [0.25, 0.3) is 0 Å². The summed E-state index contributed by atoms with van der Waals surface area (Å²) in [6.45, 7) is 7.77. The fourth-order valence-electron chi connectivity index (χ4n) is 2.81. The second kappa shape index (κ2) is 6.37. The molecule has 1 aliphatic rings. The highest BCUT2D eigenvalue weighted by Gasteiger charge is 2.17. The minimum absolute atomic E-state index is 0.664. The van der Waals surface area contributed by atoms with Gasteiger partial charge in [0.1, 0.15) is 16.5 Å². The van der Waals surface area contributed by atoms with Crippen molar-refractivity contribution in [2.24, 2.45) is 0 Å². The third kappa shape index (κ3) is 3.07. The number of fused-ring (bicyclic) bond motifs is 1. The normalized spacial score (nSPS) is 15.2. The van der Waals surface area contributed by atoms with Crippen LogP contribution in [0, 0.1) is 13.8 Å². The van der Waals surface area contributed by atoms with Crippen molar-refractivity contribution in [2.75, 3.05) is 36.5 Å². The molecule has 126 valence electrons. The van der Waals surface area contributed by atoms with Gasteiger partial charge >= 0.3 is 0 Å². The molecule has 8 heteroatoms. The number of rotatable bonds is 4. The summed E-state index contributed by atoms with van der Waals surface area (Å²) in [4.78, 5) is 19.4. The maximum Gasteiger partial charge on any atom is 0.229 e. The van der Waals surface area contributed by atoms with Crippen molar-refractivity contribution in [3.05, 3.63) is 27.8 Å². The van der Waals surface area contributed by atoms with E-state index in [1.165, 1.54) is 0 Å². The van der Waals surface area contributed by atoms with E-state index < -0.39 is 0 Å². The van der Waals surface area contributed by atoms with Gasteiger partial charge in [0.2, 0.25) is 5.95 Å². The van der Waals surface area contributed by atoms with Crippen LogP contribution >= 0.6 is 11.3 Å². The molecule has 4 rings (SSSR count). The Labute approximate surface area is 144 Å². The standard InChI is InChI=1S/C16H20N6OS/c1-10-7-12-14(17-8-13-18-11(2)9-24-13)20-16(21-15(12)19-10)22-3-5-23-6-4-22/h7,9H,3-6,8H2,1-2H3,(H2,17,19,20,21). The summed E-state index contributed by atoms with van der Waals surface area (Å²) in [5, 5.41) is 7.56. The van der Waals surface area contributed by atoms with Crippen molar-refractivity contribution in [3.63, 3.8) is 0 Å². The zero-order valence-corrected chi connectivity index (χ0v) is 14.6. The number of nitrogens with one attached hydrogen (secondary N) is 2. The lowest BCUT2D eigenvalue weighted by Gasteiger charge is -2.27. The van der Waals surface area contributed by atoms with Crippen LogP contribution in [0.1, 0.15) is 16.4 Å². The Kier molecular flexibility index (Phi) is 4.07. The van der Waals surface area contributed by atoms with Gasteiger partial charge in [-0.15, -0.1) is 11.3 Å². The molecule has 3 aromatic rings. The van der Waals surface area contributed by atoms with E-state index in [9.17, 15) is 0 Å². The molecule has 24 heavy (non-hydrogen) atoms. The molecule has 0 saturated carbocycles. The van der Waals surface area contributed by atoms with Crippen LogP contribution in [0.5, 0.6) is 0 Å². The van der Waals surface area contributed by atoms with E-state index in [0.717, 1.165) is 52.3 Å². The first kappa shape index (κ1) is 15.3. The highest BCUT2D eigenvalue weighted by atomic mass is 32.1. The quantitative estimate of drug-likeness (QED) is 0.757. The molecule has 1 aliphatic heterocycles. The number of ether oxygens (including phenoxy) is 1. The first-order chi connectivity index (χ1) is 11.7. The molecule has 0 amide bonds. The summed E-state index contributed by atoms with van der Waals surface area (Å²) in [6, 6.07) is 2.08. The molecule has 1 fully saturated rings. The van der Waals surface area contributed by atoms with Crippen molar-refractivity contribution in [1.82, 2.24) is 19.9 Å². The minimum Gasteiger partial charge on any atom is -0.378 e. The van der Waals surface area contributed by atoms with E-state index in [2.05, 4.69) is 31.6 Å². The molecule has 2 N–H and O–H groups in total. The van der Waals surface area contributed by atoms with Gasteiger partial charge in [0.05, 0.1) is 25.1 Å². The number of thiazole rings is 1. The molecule has 0 spiro atoms. The molecule has 1 saturated heterocycles. The highest BCUT2D eigenvalue weighted by molar-refractivity contribution is 7.09. The molecular formula is C16H20N6OS. The largest absolute Gasteiger partial charge is 0.378 e. The Morgan fingerprint density at radius 1 is 1.25 bits per heavy atom. The summed E-state index contributed by atoms with van der Waals surface area (Å²) in [6.07, 6.45) is 0. The lowest BCUT2D eigenvalue weighted by Crippen LogP contribution is -2.37. The molecule has 3 aromatic heterocycles. The number of nitrogens with zero attached hydrogens (tertiary/aromatic N) is 4. The molecule has 0 aliphatic carbocycles. The molecule has 0 bridgehead atoms. The maximum absolute atomic E-state index is 5.42. The fourth-order valence-corrected chi connectivity index (χ4v) is 3.52. The Hall–Kier alpha value is -2.19. The van der Waals surface area contributed by atoms with Gasteiger partial charge in [0.15, 0.2) is 0 Å². The van der Waals surface area contributed by atoms with Gasteiger partial charge in [-0.1, -0.05) is 0 Å². The SMILES string of the molecule is Cc1csc(CNc2nc(N3CCOCC3)nc3[nH]c(C)cc23)n1. The topological polar surface area (TPSA) is 79.0 Å². The average Bonchev–Trinajstić information content (AvgIpc) is 3.18. The van der Waals surface area contributed by atoms with Crippen LogP contribution in [-0.4, -0.2) is 46.2 Å². The van der Waals surface area contributed by atoms with E-state index in [1.807, 2.05) is 13.8 Å². The zero-order chi connectivity index (χ0) is 16.5. The van der Waals surface area contributed by atoms with Crippen LogP contribution in [0.3, 0.4) is 0 Å². The Balaban J connectivity index is 1.66. The number of aromatic amines is 1. The zero-order valence-electron chi connectivity index (χ0n) is 13.8. The molecule has 0 aromatic carbocycles. The van der Waals surface area contributed by atoms with E-state index >= 15 is 0 Å². The van der Waals surface area contributed by atoms with Crippen LogP contribution < -0.4 is 10.2 Å². The number of aryl methyl sites for hydroxylation is 2. The molecule has 0 radical (unpaired) electrons. The van der Waals surface area contributed by atoms with Crippen LogP contribution in [0.4, 0.5) is 11.8 Å². The van der Waals surface area contributed by atoms with Crippen molar-refractivity contribution < 1.29 is 4.74 Å². The Bertz CT molecular complexity index is 851. The van der Waals surface area contributed by atoms with E-state index in [0.29, 0.717) is 19.8 Å².